The summed E-state index contributed by atoms with van der Waals surface area (Å²) in [5.74, 6) is -1.00. The summed E-state index contributed by atoms with van der Waals surface area (Å²) in [7, 11) is -4.88. The lowest BCUT2D eigenvalue weighted by atomic mass is 9.93. The highest BCUT2D eigenvalue weighted by molar-refractivity contribution is 7.56. The average Bonchev–Trinajstić information content (AvgIpc) is 2.45. The second-order valence-electron chi connectivity index (χ2n) is 5.14. The third-order valence-corrected chi connectivity index (χ3v) is 3.99. The lowest BCUT2D eigenvalue weighted by Crippen LogP contribution is -2.59. The van der Waals surface area contributed by atoms with Crippen LogP contribution in [0, 0.1) is 0 Å². The van der Waals surface area contributed by atoms with E-state index in [0.717, 1.165) is 13.0 Å². The molecule has 24 heavy (non-hydrogen) atoms. The van der Waals surface area contributed by atoms with Gasteiger partial charge in [0.15, 0.2) is 12.1 Å². The summed E-state index contributed by atoms with van der Waals surface area (Å²) in [4.78, 5) is 33.7. The van der Waals surface area contributed by atoms with Crippen molar-refractivity contribution in [1.82, 2.24) is 5.32 Å². The van der Waals surface area contributed by atoms with E-state index in [1.807, 2.05) is 0 Å². The number of carbonyl (C=O) groups excluding carboxylic acids is 1. The molecule has 0 fully saturated rings. The van der Waals surface area contributed by atoms with Crippen LogP contribution in [-0.4, -0.2) is 74.0 Å². The van der Waals surface area contributed by atoms with Crippen molar-refractivity contribution in [3.8, 4) is 0 Å². The predicted molar refractivity (Wildman–Crippen MR) is 81.3 cm³/mol. The van der Waals surface area contributed by atoms with Gasteiger partial charge in [0.1, 0.15) is 12.2 Å². The number of nitrogens with two attached hydrogens (primary N) is 2. The van der Waals surface area contributed by atoms with E-state index < -0.39 is 62.0 Å². The van der Waals surface area contributed by atoms with Gasteiger partial charge in [0.25, 0.3) is 0 Å². The van der Waals surface area contributed by atoms with Crippen molar-refractivity contribution in [2.45, 2.75) is 37.3 Å². The van der Waals surface area contributed by atoms with Crippen molar-refractivity contribution >= 4 is 19.5 Å². The quantitative estimate of drug-likeness (QED) is 0.130. The number of rotatable bonds is 6. The zero-order valence-corrected chi connectivity index (χ0v) is 13.6. The van der Waals surface area contributed by atoms with E-state index in [-0.39, 0.29) is 0 Å². The molecule has 0 aliphatic carbocycles. The molecule has 12 nitrogen and oxygen atoms in total. The van der Waals surface area contributed by atoms with Crippen molar-refractivity contribution in [1.29, 1.82) is 0 Å². The third-order valence-electron chi connectivity index (χ3n) is 3.17. The van der Waals surface area contributed by atoms with Crippen molar-refractivity contribution in [2.24, 2.45) is 16.5 Å². The molecule has 1 heterocycles. The third kappa shape index (κ3) is 5.16. The van der Waals surface area contributed by atoms with Gasteiger partial charge >= 0.3 is 7.60 Å². The van der Waals surface area contributed by atoms with E-state index in [9.17, 15) is 29.4 Å². The highest BCUT2D eigenvalue weighted by atomic mass is 31.2. The number of nitrogens with one attached hydrogen (secondary N) is 1. The lowest BCUT2D eigenvalue weighted by molar-refractivity contribution is -0.125. The second-order valence-corrected chi connectivity index (χ2v) is 6.67. The average molecular weight is 368 g/mol. The van der Waals surface area contributed by atoms with Gasteiger partial charge in [-0.15, -0.1) is 0 Å². The van der Waals surface area contributed by atoms with Gasteiger partial charge in [-0.25, -0.2) is 4.99 Å². The Bertz CT molecular complexity index is 572. The first kappa shape index (κ1) is 20.4. The number of hydrogen-bond donors (Lipinski definition) is 8. The normalized spacial score (nSPS) is 26.6. The summed E-state index contributed by atoms with van der Waals surface area (Å²) in [6.45, 7) is 0.302. The number of nitrogens with zero attached hydrogens (tertiary/aromatic N) is 1. The molecule has 0 saturated heterocycles. The minimum absolute atomic E-state index is 0.436. The molecule has 0 aromatic carbocycles. The predicted octanol–water partition coefficient (Wildman–Crippen LogP) is -3.73. The van der Waals surface area contributed by atoms with Crippen molar-refractivity contribution < 1.29 is 39.2 Å². The molecule has 0 spiro atoms. The van der Waals surface area contributed by atoms with E-state index in [2.05, 4.69) is 10.3 Å². The van der Waals surface area contributed by atoms with E-state index >= 15 is 0 Å². The standard InChI is InChI=1S/C11H21N4O8P/c1-4(17)14-8-5(15-11(12)13)2-7(24(20,21)22)23-10(8)9(19)6(18)3-16/h2,5-6,8-10,16,18-19H,3H2,1H3,(H,14,17)(H4,12,13,15)(H2,20,21,22)/t5-,6+,8+,9+,10?/m0/s1. The molecular formula is C11H21N4O8P. The van der Waals surface area contributed by atoms with Crippen LogP contribution in [-0.2, 0) is 14.1 Å². The van der Waals surface area contributed by atoms with Gasteiger partial charge in [-0.05, 0) is 6.08 Å². The maximum Gasteiger partial charge on any atom is 0.390 e. The summed E-state index contributed by atoms with van der Waals surface area (Å²) in [6, 6.07) is -2.34. The van der Waals surface area contributed by atoms with Gasteiger partial charge < -0.3 is 46.6 Å². The van der Waals surface area contributed by atoms with Crippen molar-refractivity contribution in [2.75, 3.05) is 6.61 Å². The molecule has 1 aliphatic heterocycles. The van der Waals surface area contributed by atoms with Crippen LogP contribution in [0.5, 0.6) is 0 Å². The van der Waals surface area contributed by atoms with Crippen molar-refractivity contribution in [3.05, 3.63) is 11.6 Å². The Morgan fingerprint density at radius 1 is 1.46 bits per heavy atom. The Balaban J connectivity index is 3.37. The number of aliphatic imine (C=N–C) groups is 1. The molecule has 1 amide bonds. The van der Waals surface area contributed by atoms with Crippen LogP contribution in [0.15, 0.2) is 16.6 Å². The van der Waals surface area contributed by atoms with Crippen LogP contribution < -0.4 is 16.8 Å². The first-order chi connectivity index (χ1) is 11.0. The molecule has 13 heteroatoms. The molecule has 5 atom stereocenters. The van der Waals surface area contributed by atoms with Gasteiger partial charge in [0.2, 0.25) is 11.4 Å². The summed E-state index contributed by atoms with van der Waals surface area (Å²) in [6.07, 6.45) is -4.10. The van der Waals surface area contributed by atoms with E-state index in [0.29, 0.717) is 0 Å². The van der Waals surface area contributed by atoms with Gasteiger partial charge in [-0.3, -0.25) is 9.36 Å². The van der Waals surface area contributed by atoms with Gasteiger partial charge in [-0.2, -0.15) is 0 Å². The fraction of sp³-hybridized carbons (Fsp3) is 0.636. The van der Waals surface area contributed by atoms with Crippen LogP contribution in [0.4, 0.5) is 0 Å². The maximum absolute atomic E-state index is 11.5. The first-order valence-corrected chi connectivity index (χ1v) is 8.36. The van der Waals surface area contributed by atoms with E-state index in [1.54, 1.807) is 0 Å². The Morgan fingerprint density at radius 2 is 2.04 bits per heavy atom. The zero-order valence-electron chi connectivity index (χ0n) is 12.7. The van der Waals surface area contributed by atoms with Crippen LogP contribution in [0.2, 0.25) is 0 Å². The fourth-order valence-corrected chi connectivity index (χ4v) is 2.77. The molecule has 0 bridgehead atoms. The molecule has 0 aromatic rings. The zero-order chi connectivity index (χ0) is 18.7. The molecule has 10 N–H and O–H groups in total. The summed E-state index contributed by atoms with van der Waals surface area (Å²) >= 11 is 0. The number of aliphatic hydroxyl groups excluding tert-OH is 3. The van der Waals surface area contributed by atoms with Crippen LogP contribution >= 0.6 is 7.60 Å². The number of ether oxygens (including phenoxy) is 1. The van der Waals surface area contributed by atoms with Gasteiger partial charge in [-0.1, -0.05) is 0 Å². The summed E-state index contributed by atoms with van der Waals surface area (Å²) in [5, 5.41) is 31.0. The summed E-state index contributed by atoms with van der Waals surface area (Å²) in [5.41, 5.74) is 9.73. The van der Waals surface area contributed by atoms with Gasteiger partial charge in [0, 0.05) is 6.92 Å². The Hall–Kier alpha value is -1.69. The smallest absolute Gasteiger partial charge is 0.390 e. The largest absolute Gasteiger partial charge is 0.478 e. The number of guanidine groups is 1. The minimum atomic E-state index is -4.88. The first-order valence-electron chi connectivity index (χ1n) is 6.74. The highest BCUT2D eigenvalue weighted by Crippen LogP contribution is 2.48. The molecule has 0 aromatic heterocycles. The SMILES string of the molecule is CC(=O)N[C@H]1C([C@H](O)[C@H](O)CO)OC(P(=O)(O)O)=C[C@@H]1N=C(N)N. The molecule has 0 radical (unpaired) electrons. The number of carbonyl (C=O) groups is 1. The molecule has 1 aliphatic rings. The van der Waals surface area contributed by atoms with Crippen LogP contribution in [0.3, 0.4) is 0 Å². The molecular weight excluding hydrogens is 347 g/mol. The van der Waals surface area contributed by atoms with Gasteiger partial charge in [0.05, 0.1) is 18.7 Å². The second kappa shape index (κ2) is 7.92. The van der Waals surface area contributed by atoms with Crippen LogP contribution in [0.25, 0.3) is 0 Å². The van der Waals surface area contributed by atoms with E-state index in [4.69, 9.17) is 21.3 Å². The maximum atomic E-state index is 11.5. The highest BCUT2D eigenvalue weighted by Gasteiger charge is 2.45. The van der Waals surface area contributed by atoms with E-state index in [1.165, 1.54) is 0 Å². The monoisotopic (exact) mass is 368 g/mol. The topological polar surface area (TPSA) is 221 Å². The molecule has 1 unspecified atom stereocenters. The van der Waals surface area contributed by atoms with Crippen molar-refractivity contribution in [3.63, 3.8) is 0 Å². The number of amides is 1. The molecule has 138 valence electrons. The number of aliphatic hydroxyl groups is 3. The fourth-order valence-electron chi connectivity index (χ4n) is 2.16. The number of hydrogen-bond acceptors (Lipinski definition) is 7. The Labute approximate surface area is 137 Å². The Morgan fingerprint density at radius 3 is 2.46 bits per heavy atom. The Kier molecular flexibility index (Phi) is 6.72. The molecule has 0 saturated carbocycles. The van der Waals surface area contributed by atoms with Crippen LogP contribution in [0.1, 0.15) is 6.92 Å². The lowest BCUT2D eigenvalue weighted by Gasteiger charge is -2.39. The summed E-state index contributed by atoms with van der Waals surface area (Å²) < 4.78 is 16.5. The molecule has 1 rings (SSSR count). The minimum Gasteiger partial charge on any atom is -0.478 e.